The second-order valence-electron chi connectivity index (χ2n) is 5.57. The molecule has 0 N–H and O–H groups in total. The Morgan fingerprint density at radius 3 is 1.58 bits per heavy atom. The van der Waals surface area contributed by atoms with E-state index < -0.39 is 0 Å². The Kier molecular flexibility index (Phi) is 0.811. The molecule has 66 valence electrons. The van der Waals surface area contributed by atoms with Crippen LogP contribution in [0.2, 0.25) is 0 Å². The molecule has 0 amide bonds. The molecule has 4 atom stereocenters. The standard InChI is InChI=1S/C10H16N2/c1-8(2)9(3)6-5-7(6)10(8,4)12-11-9/h6-7H,5H2,1-4H3/t6-,7+,9-,10+. The quantitative estimate of drug-likeness (QED) is 0.526. The van der Waals surface area contributed by atoms with Gasteiger partial charge in [-0.1, -0.05) is 13.8 Å². The molecule has 0 aromatic rings. The predicted molar refractivity (Wildman–Crippen MR) is 47.0 cm³/mol. The zero-order valence-electron chi connectivity index (χ0n) is 8.26. The van der Waals surface area contributed by atoms with Gasteiger partial charge in [-0.3, -0.25) is 0 Å². The minimum absolute atomic E-state index is 0.159. The van der Waals surface area contributed by atoms with E-state index in [1.54, 1.807) is 0 Å². The summed E-state index contributed by atoms with van der Waals surface area (Å²) in [5.41, 5.74) is 0.604. The summed E-state index contributed by atoms with van der Waals surface area (Å²) in [5.74, 6) is 1.69. The van der Waals surface area contributed by atoms with Gasteiger partial charge in [0.05, 0.1) is 11.1 Å². The van der Waals surface area contributed by atoms with Gasteiger partial charge in [0.15, 0.2) is 0 Å². The van der Waals surface area contributed by atoms with Gasteiger partial charge < -0.3 is 0 Å². The van der Waals surface area contributed by atoms with Crippen LogP contribution in [0.3, 0.4) is 0 Å². The normalized spacial score (nSPS) is 63.7. The second kappa shape index (κ2) is 1.38. The zero-order chi connectivity index (χ0) is 8.78. The van der Waals surface area contributed by atoms with E-state index in [9.17, 15) is 0 Å². The van der Waals surface area contributed by atoms with E-state index in [-0.39, 0.29) is 16.5 Å². The molecular weight excluding hydrogens is 148 g/mol. The molecule has 0 aromatic carbocycles. The van der Waals surface area contributed by atoms with Crippen molar-refractivity contribution in [3.63, 3.8) is 0 Å². The molecule has 2 fully saturated rings. The Morgan fingerprint density at radius 2 is 1.33 bits per heavy atom. The fourth-order valence-electron chi connectivity index (χ4n) is 3.48. The SMILES string of the molecule is CC1(C)[C@@]2(C)N=N[C@]1(C)[C@@H]1C[C@@H]12. The maximum atomic E-state index is 4.51. The summed E-state index contributed by atoms with van der Waals surface area (Å²) in [4.78, 5) is 0. The van der Waals surface area contributed by atoms with Gasteiger partial charge in [0.2, 0.25) is 0 Å². The average molecular weight is 164 g/mol. The third-order valence-electron chi connectivity index (χ3n) is 5.23. The Hall–Kier alpha value is -0.400. The molecule has 2 bridgehead atoms. The van der Waals surface area contributed by atoms with Crippen LogP contribution in [0.4, 0.5) is 0 Å². The van der Waals surface area contributed by atoms with Gasteiger partial charge in [0.1, 0.15) is 0 Å². The number of azo groups is 1. The summed E-state index contributed by atoms with van der Waals surface area (Å²) in [7, 11) is 0. The van der Waals surface area contributed by atoms with Gasteiger partial charge in [-0.15, -0.1) is 0 Å². The largest absolute Gasteiger partial charge is 0.186 e. The van der Waals surface area contributed by atoms with Crippen molar-refractivity contribution >= 4 is 0 Å². The maximum Gasteiger partial charge on any atom is 0.0894 e. The number of rotatable bonds is 0. The van der Waals surface area contributed by atoms with Gasteiger partial charge in [-0.25, -0.2) is 0 Å². The summed E-state index contributed by atoms with van der Waals surface area (Å²) in [6.45, 7) is 9.25. The first-order valence-corrected chi connectivity index (χ1v) is 4.87. The first kappa shape index (κ1) is 7.05. The summed E-state index contributed by atoms with van der Waals surface area (Å²) in [6.07, 6.45) is 1.36. The van der Waals surface area contributed by atoms with Crippen LogP contribution in [-0.2, 0) is 0 Å². The molecule has 3 aliphatic rings. The lowest BCUT2D eigenvalue weighted by Crippen LogP contribution is -2.45. The van der Waals surface area contributed by atoms with E-state index in [0.29, 0.717) is 0 Å². The molecule has 0 saturated heterocycles. The molecule has 0 aromatic heterocycles. The van der Waals surface area contributed by atoms with Crippen molar-refractivity contribution in [3.05, 3.63) is 0 Å². The Bertz CT molecular complexity index is 268. The van der Waals surface area contributed by atoms with Crippen molar-refractivity contribution in [2.45, 2.75) is 45.2 Å². The van der Waals surface area contributed by atoms with Crippen molar-refractivity contribution in [1.82, 2.24) is 0 Å². The van der Waals surface area contributed by atoms with Crippen LogP contribution in [0.5, 0.6) is 0 Å². The lowest BCUT2D eigenvalue weighted by molar-refractivity contribution is 0.156. The molecule has 12 heavy (non-hydrogen) atoms. The molecule has 1 aliphatic heterocycles. The summed E-state index contributed by atoms with van der Waals surface area (Å²) in [5, 5.41) is 9.02. The van der Waals surface area contributed by atoms with Crippen LogP contribution in [0.15, 0.2) is 10.2 Å². The van der Waals surface area contributed by atoms with E-state index in [1.807, 2.05) is 0 Å². The second-order valence-corrected chi connectivity index (χ2v) is 5.57. The molecule has 2 nitrogen and oxygen atoms in total. The molecule has 2 aliphatic carbocycles. The van der Waals surface area contributed by atoms with Crippen molar-refractivity contribution < 1.29 is 0 Å². The van der Waals surface area contributed by atoms with Crippen molar-refractivity contribution in [1.29, 1.82) is 0 Å². The summed E-state index contributed by atoms with van der Waals surface area (Å²) in [6, 6.07) is 0. The number of hydrogen-bond donors (Lipinski definition) is 0. The third kappa shape index (κ3) is 0.391. The maximum absolute atomic E-state index is 4.51. The molecule has 0 unspecified atom stereocenters. The molecule has 1 heterocycles. The van der Waals surface area contributed by atoms with Crippen LogP contribution in [0.1, 0.15) is 34.1 Å². The zero-order valence-corrected chi connectivity index (χ0v) is 8.26. The van der Waals surface area contributed by atoms with Crippen molar-refractivity contribution in [2.24, 2.45) is 27.5 Å². The fourth-order valence-corrected chi connectivity index (χ4v) is 3.48. The predicted octanol–water partition coefficient (Wildman–Crippen LogP) is 2.65. The topological polar surface area (TPSA) is 24.7 Å². The monoisotopic (exact) mass is 164 g/mol. The van der Waals surface area contributed by atoms with E-state index in [4.69, 9.17) is 0 Å². The minimum Gasteiger partial charge on any atom is -0.186 e. The lowest BCUT2D eigenvalue weighted by Gasteiger charge is -2.38. The molecule has 2 saturated carbocycles. The Labute approximate surface area is 73.5 Å². The van der Waals surface area contributed by atoms with Crippen LogP contribution >= 0.6 is 0 Å². The smallest absolute Gasteiger partial charge is 0.0894 e. The molecule has 0 radical (unpaired) electrons. The van der Waals surface area contributed by atoms with Gasteiger partial charge >= 0.3 is 0 Å². The van der Waals surface area contributed by atoms with E-state index in [0.717, 1.165) is 11.8 Å². The van der Waals surface area contributed by atoms with E-state index in [2.05, 4.69) is 37.9 Å². The van der Waals surface area contributed by atoms with Crippen molar-refractivity contribution in [3.8, 4) is 0 Å². The number of hydrogen-bond acceptors (Lipinski definition) is 2. The van der Waals surface area contributed by atoms with Crippen LogP contribution in [0, 0.1) is 17.3 Å². The molecule has 2 heteroatoms. The van der Waals surface area contributed by atoms with Crippen LogP contribution < -0.4 is 0 Å². The highest BCUT2D eigenvalue weighted by atomic mass is 15.3. The van der Waals surface area contributed by atoms with Gasteiger partial charge in [0, 0.05) is 5.41 Å². The fraction of sp³-hybridized carbons (Fsp3) is 1.00. The minimum atomic E-state index is 0.159. The van der Waals surface area contributed by atoms with E-state index >= 15 is 0 Å². The molecule has 3 rings (SSSR count). The highest BCUT2D eigenvalue weighted by Crippen LogP contribution is 2.75. The van der Waals surface area contributed by atoms with Gasteiger partial charge in [0.25, 0.3) is 0 Å². The summed E-state index contributed by atoms with van der Waals surface area (Å²) < 4.78 is 0. The number of nitrogens with zero attached hydrogens (tertiary/aromatic N) is 2. The van der Waals surface area contributed by atoms with E-state index in [1.165, 1.54) is 6.42 Å². The lowest BCUT2D eigenvalue weighted by atomic mass is 9.66. The first-order valence-electron chi connectivity index (χ1n) is 4.87. The Morgan fingerprint density at radius 1 is 0.917 bits per heavy atom. The Balaban J connectivity index is 2.24. The van der Waals surface area contributed by atoms with Crippen LogP contribution in [-0.4, -0.2) is 11.1 Å². The van der Waals surface area contributed by atoms with Gasteiger partial charge in [-0.05, 0) is 32.1 Å². The summed E-state index contributed by atoms with van der Waals surface area (Å²) >= 11 is 0. The molecular formula is C10H16N2. The third-order valence-corrected chi connectivity index (χ3v) is 5.23. The first-order chi connectivity index (χ1) is 5.43. The number of fused-ring (bicyclic) bond motifs is 5. The average Bonchev–Trinajstić information content (AvgIpc) is 2.70. The van der Waals surface area contributed by atoms with Crippen LogP contribution in [0.25, 0.3) is 0 Å². The van der Waals surface area contributed by atoms with Gasteiger partial charge in [-0.2, -0.15) is 10.2 Å². The highest BCUT2D eigenvalue weighted by molar-refractivity contribution is 5.32. The van der Waals surface area contributed by atoms with Crippen molar-refractivity contribution in [2.75, 3.05) is 0 Å². The highest BCUT2D eigenvalue weighted by Gasteiger charge is 2.79. The molecule has 0 spiro atoms.